The van der Waals surface area contributed by atoms with Gasteiger partial charge < -0.3 is 15.3 Å². The zero-order valence-corrected chi connectivity index (χ0v) is 12.2. The zero-order chi connectivity index (χ0) is 14.4. The van der Waals surface area contributed by atoms with Crippen LogP contribution in [0.25, 0.3) is 0 Å². The minimum absolute atomic E-state index is 0.223. The maximum absolute atomic E-state index is 12.2. The van der Waals surface area contributed by atoms with Crippen molar-refractivity contribution in [3.8, 4) is 0 Å². The summed E-state index contributed by atoms with van der Waals surface area (Å²) in [5.41, 5.74) is 0. The summed E-state index contributed by atoms with van der Waals surface area (Å²) in [7, 11) is 0. The highest BCUT2D eigenvalue weighted by atomic mass is 16.4. The second-order valence-corrected chi connectivity index (χ2v) is 5.72. The molecule has 0 saturated carbocycles. The molecule has 1 fully saturated rings. The summed E-state index contributed by atoms with van der Waals surface area (Å²) >= 11 is 0. The van der Waals surface area contributed by atoms with Crippen molar-refractivity contribution < 1.29 is 14.7 Å². The van der Waals surface area contributed by atoms with Gasteiger partial charge in [0.1, 0.15) is 6.04 Å². The van der Waals surface area contributed by atoms with Gasteiger partial charge in [0.25, 0.3) is 0 Å². The number of amides is 2. The summed E-state index contributed by atoms with van der Waals surface area (Å²) in [5, 5.41) is 11.8. The minimum Gasteiger partial charge on any atom is -0.480 e. The number of hydrogen-bond acceptors (Lipinski definition) is 2. The number of rotatable bonds is 5. The van der Waals surface area contributed by atoms with Gasteiger partial charge in [-0.3, -0.25) is 0 Å². The van der Waals surface area contributed by atoms with Crippen LogP contribution in [0.15, 0.2) is 0 Å². The van der Waals surface area contributed by atoms with Gasteiger partial charge in [-0.25, -0.2) is 9.59 Å². The van der Waals surface area contributed by atoms with Crippen LogP contribution in [0.1, 0.15) is 52.9 Å². The Morgan fingerprint density at radius 3 is 2.58 bits per heavy atom. The largest absolute Gasteiger partial charge is 0.480 e. The molecule has 19 heavy (non-hydrogen) atoms. The van der Waals surface area contributed by atoms with Crippen molar-refractivity contribution in [3.05, 3.63) is 0 Å². The number of likely N-dealkylation sites (tertiary alicyclic amines) is 1. The van der Waals surface area contributed by atoms with Crippen LogP contribution < -0.4 is 5.32 Å². The van der Waals surface area contributed by atoms with E-state index in [1.807, 2.05) is 13.8 Å². The Balaban J connectivity index is 2.62. The van der Waals surface area contributed by atoms with Gasteiger partial charge in [-0.05, 0) is 38.0 Å². The second-order valence-electron chi connectivity index (χ2n) is 5.72. The second kappa shape index (κ2) is 7.36. The van der Waals surface area contributed by atoms with E-state index in [1.54, 1.807) is 4.90 Å². The molecule has 2 atom stereocenters. The average Bonchev–Trinajstić information content (AvgIpc) is 2.37. The van der Waals surface area contributed by atoms with E-state index in [9.17, 15) is 9.59 Å². The summed E-state index contributed by atoms with van der Waals surface area (Å²) in [5.74, 6) is -0.711. The molecule has 2 N–H and O–H groups in total. The SMILES string of the molecule is CCC1CCCCN1C(=O)N[C@@H](CC(C)C)C(=O)O. The van der Waals surface area contributed by atoms with Crippen LogP contribution in [0.5, 0.6) is 0 Å². The number of carbonyl (C=O) groups excluding carboxylic acids is 1. The van der Waals surface area contributed by atoms with Gasteiger partial charge in [-0.15, -0.1) is 0 Å². The molecule has 0 radical (unpaired) electrons. The third-order valence-corrected chi connectivity index (χ3v) is 3.66. The molecule has 0 aromatic rings. The average molecular weight is 270 g/mol. The van der Waals surface area contributed by atoms with E-state index in [0.29, 0.717) is 6.42 Å². The van der Waals surface area contributed by atoms with E-state index >= 15 is 0 Å². The first-order chi connectivity index (χ1) is 8.95. The lowest BCUT2D eigenvalue weighted by atomic mass is 10.0. The molecule has 110 valence electrons. The number of nitrogens with one attached hydrogen (secondary N) is 1. The lowest BCUT2D eigenvalue weighted by molar-refractivity contribution is -0.139. The molecular formula is C14H26N2O3. The van der Waals surface area contributed by atoms with E-state index < -0.39 is 12.0 Å². The predicted molar refractivity (Wildman–Crippen MR) is 74.0 cm³/mol. The van der Waals surface area contributed by atoms with Crippen molar-refractivity contribution in [1.29, 1.82) is 0 Å². The van der Waals surface area contributed by atoms with Crippen molar-refractivity contribution in [2.75, 3.05) is 6.54 Å². The Morgan fingerprint density at radius 1 is 1.37 bits per heavy atom. The topological polar surface area (TPSA) is 69.6 Å². The zero-order valence-electron chi connectivity index (χ0n) is 12.2. The van der Waals surface area contributed by atoms with Crippen LogP contribution in [0.2, 0.25) is 0 Å². The van der Waals surface area contributed by atoms with Crippen molar-refractivity contribution >= 4 is 12.0 Å². The molecule has 0 aliphatic carbocycles. The minimum atomic E-state index is -0.952. The third-order valence-electron chi connectivity index (χ3n) is 3.66. The Bertz CT molecular complexity index is 318. The summed E-state index contributed by atoms with van der Waals surface area (Å²) in [6.07, 6.45) is 4.56. The van der Waals surface area contributed by atoms with Crippen LogP contribution in [0.3, 0.4) is 0 Å². The molecule has 0 aromatic carbocycles. The highest BCUT2D eigenvalue weighted by Gasteiger charge is 2.29. The van der Waals surface area contributed by atoms with Crippen molar-refractivity contribution in [2.45, 2.75) is 65.0 Å². The molecular weight excluding hydrogens is 244 g/mol. The number of carboxylic acids is 1. The lowest BCUT2D eigenvalue weighted by Gasteiger charge is -2.36. The van der Waals surface area contributed by atoms with E-state index in [1.165, 1.54) is 0 Å². The highest BCUT2D eigenvalue weighted by molar-refractivity contribution is 5.82. The van der Waals surface area contributed by atoms with Gasteiger partial charge in [0.15, 0.2) is 0 Å². The molecule has 5 nitrogen and oxygen atoms in total. The third kappa shape index (κ3) is 4.73. The molecule has 5 heteroatoms. The molecule has 0 aromatic heterocycles. The summed E-state index contributed by atoms with van der Waals surface area (Å²) in [4.78, 5) is 25.2. The van der Waals surface area contributed by atoms with E-state index in [4.69, 9.17) is 5.11 Å². The quantitative estimate of drug-likeness (QED) is 0.806. The molecule has 1 heterocycles. The van der Waals surface area contributed by atoms with Gasteiger partial charge in [-0.2, -0.15) is 0 Å². The monoisotopic (exact) mass is 270 g/mol. The fourth-order valence-electron chi connectivity index (χ4n) is 2.62. The smallest absolute Gasteiger partial charge is 0.326 e. The lowest BCUT2D eigenvalue weighted by Crippen LogP contribution is -2.53. The first kappa shape index (κ1) is 15.8. The van der Waals surface area contributed by atoms with Gasteiger partial charge in [0.2, 0.25) is 0 Å². The van der Waals surface area contributed by atoms with Gasteiger partial charge in [0, 0.05) is 12.6 Å². The molecule has 0 bridgehead atoms. The van der Waals surface area contributed by atoms with E-state index in [2.05, 4.69) is 12.2 Å². The molecule has 1 aliphatic heterocycles. The van der Waals surface area contributed by atoms with Gasteiger partial charge >= 0.3 is 12.0 Å². The van der Waals surface area contributed by atoms with Crippen LogP contribution in [0, 0.1) is 5.92 Å². The number of carbonyl (C=O) groups is 2. The number of aliphatic carboxylic acids is 1. The number of urea groups is 1. The summed E-state index contributed by atoms with van der Waals surface area (Å²) < 4.78 is 0. The number of carboxylic acid groups (broad SMARTS) is 1. The normalized spacial score (nSPS) is 21.3. The molecule has 1 saturated heterocycles. The Morgan fingerprint density at radius 2 is 2.05 bits per heavy atom. The Labute approximate surface area is 115 Å². The maximum Gasteiger partial charge on any atom is 0.326 e. The van der Waals surface area contributed by atoms with Crippen LogP contribution in [-0.2, 0) is 4.79 Å². The van der Waals surface area contributed by atoms with Crippen LogP contribution in [-0.4, -0.2) is 40.6 Å². The molecule has 0 spiro atoms. The molecule has 2 amide bonds. The highest BCUT2D eigenvalue weighted by Crippen LogP contribution is 2.19. The Kier molecular flexibility index (Phi) is 6.12. The fraction of sp³-hybridized carbons (Fsp3) is 0.857. The Hall–Kier alpha value is -1.26. The van der Waals surface area contributed by atoms with Gasteiger partial charge in [-0.1, -0.05) is 20.8 Å². The fourth-order valence-corrected chi connectivity index (χ4v) is 2.62. The number of nitrogens with zero attached hydrogens (tertiary/aromatic N) is 1. The summed E-state index contributed by atoms with van der Waals surface area (Å²) in [6, 6.07) is -0.756. The van der Waals surface area contributed by atoms with Crippen molar-refractivity contribution in [3.63, 3.8) is 0 Å². The van der Waals surface area contributed by atoms with Crippen molar-refractivity contribution in [1.82, 2.24) is 10.2 Å². The van der Waals surface area contributed by atoms with Crippen LogP contribution >= 0.6 is 0 Å². The predicted octanol–water partition coefficient (Wildman–Crippen LogP) is 2.46. The standard InChI is InChI=1S/C14H26N2O3/c1-4-11-7-5-6-8-16(11)14(19)15-12(13(17)18)9-10(2)3/h10-12H,4-9H2,1-3H3,(H,15,19)(H,17,18)/t11?,12-/m0/s1. The molecule has 1 unspecified atom stereocenters. The first-order valence-corrected chi connectivity index (χ1v) is 7.25. The number of hydrogen-bond donors (Lipinski definition) is 2. The van der Waals surface area contributed by atoms with E-state index in [0.717, 1.165) is 32.2 Å². The first-order valence-electron chi connectivity index (χ1n) is 7.25. The number of piperidine rings is 1. The molecule has 1 aliphatic rings. The van der Waals surface area contributed by atoms with Gasteiger partial charge in [0.05, 0.1) is 0 Å². The van der Waals surface area contributed by atoms with Crippen LogP contribution in [0.4, 0.5) is 4.79 Å². The summed E-state index contributed by atoms with van der Waals surface area (Å²) in [6.45, 7) is 6.72. The maximum atomic E-state index is 12.2. The van der Waals surface area contributed by atoms with E-state index in [-0.39, 0.29) is 18.0 Å². The van der Waals surface area contributed by atoms with Crippen molar-refractivity contribution in [2.24, 2.45) is 5.92 Å². The molecule has 1 rings (SSSR count).